The number of hydrogen-bond donors (Lipinski definition) is 0. The molecule has 0 N–H and O–H groups in total. The average Bonchev–Trinajstić information content (AvgIpc) is 2.24. The highest BCUT2D eigenvalue weighted by Gasteiger charge is 2.18. The number of nitrogens with zero attached hydrogens (tertiary/aromatic N) is 1. The van der Waals surface area contributed by atoms with Gasteiger partial charge in [-0.3, -0.25) is 4.90 Å². The van der Waals surface area contributed by atoms with Crippen molar-refractivity contribution in [2.75, 3.05) is 44.8 Å². The third-order valence-corrected chi connectivity index (χ3v) is 3.12. The molecule has 0 aromatic heterocycles. The molecule has 1 rings (SSSR count). The largest absolute Gasteiger partial charge is 0.380 e. The van der Waals surface area contributed by atoms with Crippen LogP contribution in [0.1, 0.15) is 13.8 Å². The highest BCUT2D eigenvalue weighted by molar-refractivity contribution is 9.09. The van der Waals surface area contributed by atoms with E-state index >= 15 is 0 Å². The van der Waals surface area contributed by atoms with Gasteiger partial charge in [0.1, 0.15) is 0 Å². The van der Waals surface area contributed by atoms with Crippen LogP contribution < -0.4 is 0 Å². The first-order valence-corrected chi connectivity index (χ1v) is 6.82. The van der Waals surface area contributed by atoms with E-state index in [0.29, 0.717) is 12.0 Å². The normalized spacial score (nSPS) is 23.6. The van der Waals surface area contributed by atoms with Crippen molar-refractivity contribution in [1.29, 1.82) is 0 Å². The van der Waals surface area contributed by atoms with Gasteiger partial charge < -0.3 is 9.47 Å². The van der Waals surface area contributed by atoms with Crippen molar-refractivity contribution >= 4 is 15.9 Å². The summed E-state index contributed by atoms with van der Waals surface area (Å²) in [6.07, 6.45) is 0.351. The van der Waals surface area contributed by atoms with Gasteiger partial charge in [-0.25, -0.2) is 0 Å². The monoisotopic (exact) mass is 279 g/mol. The van der Waals surface area contributed by atoms with Gasteiger partial charge in [-0.2, -0.15) is 0 Å². The molecule has 1 unspecified atom stereocenters. The highest BCUT2D eigenvalue weighted by atomic mass is 79.9. The van der Waals surface area contributed by atoms with Crippen LogP contribution in [0, 0.1) is 5.92 Å². The van der Waals surface area contributed by atoms with Crippen molar-refractivity contribution < 1.29 is 9.47 Å². The van der Waals surface area contributed by atoms with Crippen molar-refractivity contribution in [3.63, 3.8) is 0 Å². The number of alkyl halides is 1. The molecule has 1 aliphatic heterocycles. The third-order valence-electron chi connectivity index (χ3n) is 2.40. The Labute approximate surface area is 101 Å². The summed E-state index contributed by atoms with van der Waals surface area (Å²) < 4.78 is 11.1. The molecule has 1 aliphatic rings. The van der Waals surface area contributed by atoms with Crippen molar-refractivity contribution in [2.45, 2.75) is 20.0 Å². The zero-order valence-corrected chi connectivity index (χ0v) is 11.3. The van der Waals surface area contributed by atoms with E-state index in [-0.39, 0.29) is 0 Å². The van der Waals surface area contributed by atoms with Crippen LogP contribution in [0.25, 0.3) is 0 Å². The fraction of sp³-hybridized carbons (Fsp3) is 1.00. The summed E-state index contributed by atoms with van der Waals surface area (Å²) in [6, 6.07) is 0. The summed E-state index contributed by atoms with van der Waals surface area (Å²) in [5, 5.41) is 0.927. The molecule has 1 atom stereocenters. The molecule has 0 aliphatic carbocycles. The zero-order chi connectivity index (χ0) is 11.1. The van der Waals surface area contributed by atoms with Gasteiger partial charge in [0.25, 0.3) is 0 Å². The number of halogens is 1. The van der Waals surface area contributed by atoms with Gasteiger partial charge in [-0.05, 0) is 5.92 Å². The Hall–Kier alpha value is 0.360. The zero-order valence-electron chi connectivity index (χ0n) is 9.75. The maximum Gasteiger partial charge on any atom is 0.0799 e. The van der Waals surface area contributed by atoms with Crippen LogP contribution in [0.2, 0.25) is 0 Å². The highest BCUT2D eigenvalue weighted by Crippen LogP contribution is 2.07. The summed E-state index contributed by atoms with van der Waals surface area (Å²) in [5.41, 5.74) is 0. The first-order valence-electron chi connectivity index (χ1n) is 5.70. The van der Waals surface area contributed by atoms with E-state index in [0.717, 1.165) is 44.8 Å². The standard InChI is InChI=1S/C11H22BrNO2/c1-10(2)9-14-5-3-13-4-6-15-11(7-12)8-13/h10-11H,3-9H2,1-2H3. The predicted molar refractivity (Wildman–Crippen MR) is 65.6 cm³/mol. The molecule has 0 saturated carbocycles. The molecule has 15 heavy (non-hydrogen) atoms. The smallest absolute Gasteiger partial charge is 0.0799 e. The van der Waals surface area contributed by atoms with Gasteiger partial charge in [0.2, 0.25) is 0 Å². The number of rotatable bonds is 6. The third kappa shape index (κ3) is 5.85. The summed E-state index contributed by atoms with van der Waals surface area (Å²) in [7, 11) is 0. The molecule has 4 heteroatoms. The Morgan fingerprint density at radius 1 is 1.53 bits per heavy atom. The van der Waals surface area contributed by atoms with Crippen LogP contribution in [0.15, 0.2) is 0 Å². The molecule has 1 fully saturated rings. The molecular weight excluding hydrogens is 258 g/mol. The average molecular weight is 280 g/mol. The molecule has 0 spiro atoms. The summed E-state index contributed by atoms with van der Waals surface area (Å²) in [6.45, 7) is 10.00. The number of ether oxygens (including phenoxy) is 2. The molecule has 1 heterocycles. The molecule has 0 bridgehead atoms. The van der Waals surface area contributed by atoms with Crippen molar-refractivity contribution in [2.24, 2.45) is 5.92 Å². The molecular formula is C11H22BrNO2. The summed E-state index contributed by atoms with van der Waals surface area (Å²) >= 11 is 3.46. The van der Waals surface area contributed by atoms with E-state index in [1.165, 1.54) is 0 Å². The second-order valence-corrected chi connectivity index (χ2v) is 5.06. The first kappa shape index (κ1) is 13.4. The Balaban J connectivity index is 2.05. The topological polar surface area (TPSA) is 21.7 Å². The molecule has 0 aromatic carbocycles. The minimum atomic E-state index is 0.351. The number of hydrogen-bond acceptors (Lipinski definition) is 3. The van der Waals surface area contributed by atoms with Crippen molar-refractivity contribution in [3.8, 4) is 0 Å². The van der Waals surface area contributed by atoms with E-state index in [4.69, 9.17) is 9.47 Å². The van der Waals surface area contributed by atoms with Crippen molar-refractivity contribution in [3.05, 3.63) is 0 Å². The van der Waals surface area contributed by atoms with Gasteiger partial charge in [0.05, 0.1) is 19.3 Å². The lowest BCUT2D eigenvalue weighted by Gasteiger charge is -2.31. The van der Waals surface area contributed by atoms with Gasteiger partial charge in [0.15, 0.2) is 0 Å². The van der Waals surface area contributed by atoms with Crippen LogP contribution in [-0.4, -0.2) is 55.8 Å². The maximum absolute atomic E-state index is 5.57. The molecule has 0 aromatic rings. The van der Waals surface area contributed by atoms with E-state index in [1.54, 1.807) is 0 Å². The van der Waals surface area contributed by atoms with Gasteiger partial charge in [-0.15, -0.1) is 0 Å². The Kier molecular flexibility index (Phi) is 6.81. The molecule has 0 amide bonds. The Morgan fingerprint density at radius 3 is 3.00 bits per heavy atom. The second-order valence-electron chi connectivity index (χ2n) is 4.42. The Bertz CT molecular complexity index is 167. The van der Waals surface area contributed by atoms with Crippen LogP contribution in [0.3, 0.4) is 0 Å². The van der Waals surface area contributed by atoms with E-state index < -0.39 is 0 Å². The lowest BCUT2D eigenvalue weighted by atomic mass is 10.2. The van der Waals surface area contributed by atoms with Crippen molar-refractivity contribution in [1.82, 2.24) is 4.90 Å². The number of morpholine rings is 1. The quantitative estimate of drug-likeness (QED) is 0.546. The van der Waals surface area contributed by atoms with Gasteiger partial charge >= 0.3 is 0 Å². The molecule has 90 valence electrons. The first-order chi connectivity index (χ1) is 7.22. The molecule has 0 radical (unpaired) electrons. The van der Waals surface area contributed by atoms with Gasteiger partial charge in [0, 0.05) is 31.6 Å². The molecule has 1 saturated heterocycles. The maximum atomic E-state index is 5.57. The minimum Gasteiger partial charge on any atom is -0.380 e. The van der Waals surface area contributed by atoms with E-state index in [1.807, 2.05) is 0 Å². The lowest BCUT2D eigenvalue weighted by molar-refractivity contribution is -0.0254. The predicted octanol–water partition coefficient (Wildman–Crippen LogP) is 1.75. The summed E-state index contributed by atoms with van der Waals surface area (Å²) in [5.74, 6) is 0.630. The second kappa shape index (κ2) is 7.60. The molecule has 3 nitrogen and oxygen atoms in total. The van der Waals surface area contributed by atoms with E-state index in [9.17, 15) is 0 Å². The van der Waals surface area contributed by atoms with Crippen LogP contribution in [-0.2, 0) is 9.47 Å². The fourth-order valence-electron chi connectivity index (χ4n) is 1.59. The van der Waals surface area contributed by atoms with Crippen LogP contribution in [0.4, 0.5) is 0 Å². The van der Waals surface area contributed by atoms with Gasteiger partial charge in [-0.1, -0.05) is 29.8 Å². The summed E-state index contributed by atoms with van der Waals surface area (Å²) in [4.78, 5) is 2.41. The fourth-order valence-corrected chi connectivity index (χ4v) is 1.98. The SMILES string of the molecule is CC(C)COCCN1CCOC(CBr)C1. The van der Waals surface area contributed by atoms with E-state index in [2.05, 4.69) is 34.7 Å². The Morgan fingerprint density at radius 2 is 2.33 bits per heavy atom. The lowest BCUT2D eigenvalue weighted by Crippen LogP contribution is -2.44. The van der Waals surface area contributed by atoms with Crippen LogP contribution >= 0.6 is 15.9 Å². The van der Waals surface area contributed by atoms with Crippen LogP contribution in [0.5, 0.6) is 0 Å². The minimum absolute atomic E-state index is 0.351.